The first-order valence-electron chi connectivity index (χ1n) is 11.1. The van der Waals surface area contributed by atoms with E-state index in [2.05, 4.69) is 5.32 Å². The van der Waals surface area contributed by atoms with Crippen LogP contribution in [0.15, 0.2) is 91.1 Å². The summed E-state index contributed by atoms with van der Waals surface area (Å²) >= 11 is 0. The van der Waals surface area contributed by atoms with Crippen LogP contribution in [0, 0.1) is 0 Å². The molecule has 1 heterocycles. The Morgan fingerprint density at radius 3 is 2.41 bits per heavy atom. The molecule has 1 unspecified atom stereocenters. The minimum atomic E-state index is -1.04. The fourth-order valence-corrected chi connectivity index (χ4v) is 3.81. The van der Waals surface area contributed by atoms with Crippen LogP contribution in [0.25, 0.3) is 17.0 Å². The van der Waals surface area contributed by atoms with Crippen molar-refractivity contribution >= 4 is 28.9 Å². The lowest BCUT2D eigenvalue weighted by molar-refractivity contribution is -0.131. The summed E-state index contributed by atoms with van der Waals surface area (Å²) in [4.78, 5) is 24.0. The number of para-hydroxylation sites is 1. The monoisotopic (exact) mass is 454 g/mol. The number of hydrogen-bond donors (Lipinski definition) is 2. The van der Waals surface area contributed by atoms with Gasteiger partial charge >= 0.3 is 5.97 Å². The van der Waals surface area contributed by atoms with E-state index in [1.807, 2.05) is 90.4 Å². The number of carbonyl (C=O) groups excluding carboxylic acids is 1. The van der Waals surface area contributed by atoms with Crippen molar-refractivity contribution in [3.63, 3.8) is 0 Å². The van der Waals surface area contributed by atoms with Crippen LogP contribution in [0.4, 0.5) is 0 Å². The first kappa shape index (κ1) is 22.9. The largest absolute Gasteiger partial charge is 0.478 e. The van der Waals surface area contributed by atoms with E-state index in [0.29, 0.717) is 23.6 Å². The summed E-state index contributed by atoms with van der Waals surface area (Å²) in [7, 11) is 0. The van der Waals surface area contributed by atoms with Gasteiger partial charge in [-0.3, -0.25) is 4.79 Å². The van der Waals surface area contributed by atoms with Crippen molar-refractivity contribution in [3.05, 3.63) is 102 Å². The topological polar surface area (TPSA) is 80.6 Å². The molecule has 0 spiro atoms. The van der Waals surface area contributed by atoms with Gasteiger partial charge in [0.2, 0.25) is 5.91 Å². The molecule has 4 rings (SSSR count). The van der Waals surface area contributed by atoms with Crippen molar-refractivity contribution in [1.29, 1.82) is 0 Å². The summed E-state index contributed by atoms with van der Waals surface area (Å²) in [6, 6.07) is 24.5. The molecule has 1 atom stereocenters. The summed E-state index contributed by atoms with van der Waals surface area (Å²) in [6.45, 7) is 2.36. The maximum atomic E-state index is 12.9. The van der Waals surface area contributed by atoms with Gasteiger partial charge in [-0.1, -0.05) is 48.5 Å². The molecule has 6 heteroatoms. The standard InChI is InChI=1S/C28H26N2O4/c1-20(28(33)29-17-16-21-8-4-2-5-9-21)30-19-22(12-15-27(31)32)25-18-24(13-14-26(25)30)34-23-10-6-3-7-11-23/h2-15,18-20H,16-17H2,1H3,(H,29,33)(H,31,32). The van der Waals surface area contributed by atoms with Crippen LogP contribution in [0.1, 0.15) is 24.1 Å². The minimum Gasteiger partial charge on any atom is -0.478 e. The molecule has 0 aliphatic carbocycles. The van der Waals surface area contributed by atoms with Crippen LogP contribution < -0.4 is 10.1 Å². The number of fused-ring (bicyclic) bond motifs is 1. The summed E-state index contributed by atoms with van der Waals surface area (Å²) in [6.07, 6.45) is 5.18. The first-order valence-corrected chi connectivity index (χ1v) is 11.1. The highest BCUT2D eigenvalue weighted by atomic mass is 16.5. The first-order chi connectivity index (χ1) is 16.5. The number of carbonyl (C=O) groups is 2. The van der Waals surface area contributed by atoms with Crippen LogP contribution in [0.3, 0.4) is 0 Å². The van der Waals surface area contributed by atoms with E-state index in [1.54, 1.807) is 6.20 Å². The zero-order valence-electron chi connectivity index (χ0n) is 18.8. The number of rotatable bonds is 9. The van der Waals surface area contributed by atoms with Crippen molar-refractivity contribution in [2.24, 2.45) is 0 Å². The van der Waals surface area contributed by atoms with Crippen LogP contribution in [0.5, 0.6) is 11.5 Å². The summed E-state index contributed by atoms with van der Waals surface area (Å²) < 4.78 is 7.81. The molecule has 1 aromatic heterocycles. The lowest BCUT2D eigenvalue weighted by Crippen LogP contribution is -2.32. The number of hydrogen-bond acceptors (Lipinski definition) is 3. The molecule has 0 radical (unpaired) electrons. The van der Waals surface area contributed by atoms with Crippen LogP contribution in [-0.4, -0.2) is 28.1 Å². The van der Waals surface area contributed by atoms with Crippen LogP contribution in [0.2, 0.25) is 0 Å². The maximum absolute atomic E-state index is 12.9. The van der Waals surface area contributed by atoms with E-state index in [4.69, 9.17) is 9.84 Å². The Labute approximate surface area is 198 Å². The maximum Gasteiger partial charge on any atom is 0.328 e. The van der Waals surface area contributed by atoms with Gasteiger partial charge in [0, 0.05) is 35.3 Å². The molecule has 0 saturated heterocycles. The third-order valence-electron chi connectivity index (χ3n) is 5.57. The second-order valence-electron chi connectivity index (χ2n) is 7.96. The fourth-order valence-electron chi connectivity index (χ4n) is 3.81. The highest BCUT2D eigenvalue weighted by molar-refractivity contribution is 5.95. The number of benzene rings is 3. The molecule has 0 bridgehead atoms. The van der Waals surface area contributed by atoms with E-state index in [1.165, 1.54) is 6.08 Å². The number of amides is 1. The van der Waals surface area contributed by atoms with Crippen molar-refractivity contribution in [1.82, 2.24) is 9.88 Å². The van der Waals surface area contributed by atoms with E-state index >= 15 is 0 Å². The van der Waals surface area contributed by atoms with Crippen molar-refractivity contribution in [2.75, 3.05) is 6.54 Å². The SMILES string of the molecule is CC(C(=O)NCCc1ccccc1)n1cc(C=CC(=O)O)c2cc(Oc3ccccc3)ccc21. The van der Waals surface area contributed by atoms with Gasteiger partial charge in [0.25, 0.3) is 0 Å². The molecule has 0 aliphatic rings. The third-order valence-corrected chi connectivity index (χ3v) is 5.57. The predicted octanol–water partition coefficient (Wildman–Crippen LogP) is 5.45. The molecule has 0 fully saturated rings. The quantitative estimate of drug-likeness (QED) is 0.330. The number of aromatic nitrogens is 1. The van der Waals surface area contributed by atoms with E-state index in [9.17, 15) is 9.59 Å². The van der Waals surface area contributed by atoms with Crippen molar-refractivity contribution in [2.45, 2.75) is 19.4 Å². The normalized spacial score (nSPS) is 12.0. The molecule has 172 valence electrons. The zero-order chi connectivity index (χ0) is 23.9. The average molecular weight is 455 g/mol. The Bertz CT molecular complexity index is 1310. The highest BCUT2D eigenvalue weighted by Crippen LogP contribution is 2.31. The lowest BCUT2D eigenvalue weighted by atomic mass is 10.1. The van der Waals surface area contributed by atoms with Gasteiger partial charge in [0.05, 0.1) is 0 Å². The molecule has 0 saturated carbocycles. The second kappa shape index (κ2) is 10.5. The van der Waals surface area contributed by atoms with Crippen LogP contribution in [-0.2, 0) is 16.0 Å². The number of nitrogens with zero attached hydrogens (tertiary/aromatic N) is 1. The van der Waals surface area contributed by atoms with Gasteiger partial charge in [-0.25, -0.2) is 4.79 Å². The highest BCUT2D eigenvalue weighted by Gasteiger charge is 2.19. The zero-order valence-corrected chi connectivity index (χ0v) is 18.8. The average Bonchev–Trinajstić information content (AvgIpc) is 3.21. The molecule has 6 nitrogen and oxygen atoms in total. The number of nitrogens with one attached hydrogen (secondary N) is 1. The van der Waals surface area contributed by atoms with Gasteiger partial charge in [0.1, 0.15) is 17.5 Å². The molecule has 4 aromatic rings. The van der Waals surface area contributed by atoms with Gasteiger partial charge in [-0.05, 0) is 55.3 Å². The number of carboxylic acids is 1. The molecular formula is C28H26N2O4. The Balaban J connectivity index is 1.58. The van der Waals surface area contributed by atoms with Crippen molar-refractivity contribution in [3.8, 4) is 11.5 Å². The number of ether oxygens (including phenoxy) is 1. The van der Waals surface area contributed by atoms with Crippen LogP contribution >= 0.6 is 0 Å². The van der Waals surface area contributed by atoms with E-state index in [0.717, 1.165) is 29.0 Å². The molecule has 1 amide bonds. The third kappa shape index (κ3) is 5.53. The predicted molar refractivity (Wildman–Crippen MR) is 133 cm³/mol. The minimum absolute atomic E-state index is 0.105. The van der Waals surface area contributed by atoms with Gasteiger partial charge < -0.3 is 19.7 Å². The Kier molecular flexibility index (Phi) is 7.08. The smallest absolute Gasteiger partial charge is 0.328 e. The summed E-state index contributed by atoms with van der Waals surface area (Å²) in [5.41, 5.74) is 2.67. The van der Waals surface area contributed by atoms with Gasteiger partial charge in [-0.15, -0.1) is 0 Å². The van der Waals surface area contributed by atoms with Gasteiger partial charge in [-0.2, -0.15) is 0 Å². The Morgan fingerprint density at radius 1 is 1.00 bits per heavy atom. The van der Waals surface area contributed by atoms with E-state index < -0.39 is 12.0 Å². The molecule has 0 aliphatic heterocycles. The fraction of sp³-hybridized carbons (Fsp3) is 0.143. The van der Waals surface area contributed by atoms with Crippen molar-refractivity contribution < 1.29 is 19.4 Å². The van der Waals surface area contributed by atoms with Gasteiger partial charge in [0.15, 0.2) is 0 Å². The summed E-state index contributed by atoms with van der Waals surface area (Å²) in [5.74, 6) is 0.187. The summed E-state index contributed by atoms with van der Waals surface area (Å²) in [5, 5.41) is 12.9. The lowest BCUT2D eigenvalue weighted by Gasteiger charge is -2.16. The number of carboxylic acid groups (broad SMARTS) is 1. The molecule has 2 N–H and O–H groups in total. The Hall–Kier alpha value is -4.32. The Morgan fingerprint density at radius 2 is 1.71 bits per heavy atom. The molecular weight excluding hydrogens is 428 g/mol. The molecule has 34 heavy (non-hydrogen) atoms. The molecule has 3 aromatic carbocycles. The second-order valence-corrected chi connectivity index (χ2v) is 7.96. The van der Waals surface area contributed by atoms with E-state index in [-0.39, 0.29) is 5.91 Å². The number of aliphatic carboxylic acids is 1.